The molecular weight excluding hydrogens is 376 g/mol. The summed E-state index contributed by atoms with van der Waals surface area (Å²) < 4.78 is 30.4. The van der Waals surface area contributed by atoms with Gasteiger partial charge in [0.1, 0.15) is 5.75 Å². The van der Waals surface area contributed by atoms with Gasteiger partial charge in [-0.3, -0.25) is 4.79 Å². The first kappa shape index (κ1) is 24.5. The van der Waals surface area contributed by atoms with Crippen molar-refractivity contribution in [3.63, 3.8) is 0 Å². The fraction of sp³-hybridized carbons (Fsp3) is 0.682. The van der Waals surface area contributed by atoms with Crippen LogP contribution in [0.5, 0.6) is 5.75 Å². The molecule has 0 fully saturated rings. The molecule has 1 aromatic carbocycles. The molecule has 1 aromatic rings. The van der Waals surface area contributed by atoms with Gasteiger partial charge < -0.3 is 9.84 Å². The first-order valence-corrected chi connectivity index (χ1v) is 12.2. The molecule has 0 saturated heterocycles. The van der Waals surface area contributed by atoms with Crippen molar-refractivity contribution in [3.8, 4) is 5.75 Å². The minimum Gasteiger partial charge on any atom is -0.494 e. The zero-order valence-corrected chi connectivity index (χ0v) is 18.2. The summed E-state index contributed by atoms with van der Waals surface area (Å²) in [7, 11) is -3.87. The van der Waals surface area contributed by atoms with E-state index in [0.717, 1.165) is 12.8 Å². The van der Waals surface area contributed by atoms with E-state index in [1.807, 2.05) is 0 Å². The van der Waals surface area contributed by atoms with Gasteiger partial charge in [0.25, 0.3) is 0 Å². The number of carboxylic acid groups (broad SMARTS) is 1. The maximum Gasteiger partial charge on any atom is 0.322 e. The molecule has 0 aromatic heterocycles. The van der Waals surface area contributed by atoms with Crippen molar-refractivity contribution in [1.82, 2.24) is 0 Å². The molecule has 0 spiro atoms. The van der Waals surface area contributed by atoms with Crippen molar-refractivity contribution in [2.45, 2.75) is 94.6 Å². The highest BCUT2D eigenvalue weighted by atomic mass is 32.2. The molecule has 0 aliphatic rings. The van der Waals surface area contributed by atoms with Crippen LogP contribution in [0, 0.1) is 0 Å². The van der Waals surface area contributed by atoms with Gasteiger partial charge in [0, 0.05) is 0 Å². The quantitative estimate of drug-likeness (QED) is 0.356. The van der Waals surface area contributed by atoms with Crippen LogP contribution in [0.3, 0.4) is 0 Å². The van der Waals surface area contributed by atoms with Gasteiger partial charge >= 0.3 is 5.97 Å². The van der Waals surface area contributed by atoms with Gasteiger partial charge in [-0.05, 0) is 37.1 Å². The second-order valence-electron chi connectivity index (χ2n) is 7.28. The molecule has 0 heterocycles. The van der Waals surface area contributed by atoms with Crippen molar-refractivity contribution in [2.24, 2.45) is 0 Å². The summed E-state index contributed by atoms with van der Waals surface area (Å²) in [6, 6.07) is 6.04. The van der Waals surface area contributed by atoms with Crippen molar-refractivity contribution in [1.29, 1.82) is 0 Å². The van der Waals surface area contributed by atoms with Crippen LogP contribution in [0.2, 0.25) is 0 Å². The standard InChI is InChI=1S/C22H36O5S/c1-3-5-6-7-8-9-10-11-12-13-18-27-19-14-16-20(17-15-19)28(25,26)21(4-2)22(23)24/h14-17,21H,3-13,18H2,1-2H3,(H,23,24). The topological polar surface area (TPSA) is 80.7 Å². The molecule has 1 rings (SSSR count). The van der Waals surface area contributed by atoms with Gasteiger partial charge in [-0.25, -0.2) is 8.42 Å². The SMILES string of the molecule is CCCCCCCCCCCCOc1ccc(S(=O)(=O)C(CC)C(=O)O)cc1. The second kappa shape index (κ2) is 13.6. The number of unbranched alkanes of at least 4 members (excludes halogenated alkanes) is 9. The third kappa shape index (κ3) is 8.63. The van der Waals surface area contributed by atoms with Crippen LogP contribution in [0.4, 0.5) is 0 Å². The summed E-state index contributed by atoms with van der Waals surface area (Å²) in [5.41, 5.74) is 0. The molecular formula is C22H36O5S. The number of aliphatic carboxylic acids is 1. The van der Waals surface area contributed by atoms with Crippen molar-refractivity contribution in [2.75, 3.05) is 6.61 Å². The molecule has 0 radical (unpaired) electrons. The van der Waals surface area contributed by atoms with Crippen LogP contribution < -0.4 is 4.74 Å². The monoisotopic (exact) mass is 412 g/mol. The van der Waals surface area contributed by atoms with Crippen molar-refractivity contribution < 1.29 is 23.1 Å². The molecule has 1 N–H and O–H groups in total. The predicted octanol–water partition coefficient (Wildman–Crippen LogP) is 5.62. The lowest BCUT2D eigenvalue weighted by molar-refractivity contribution is -0.136. The normalized spacial score (nSPS) is 12.6. The van der Waals surface area contributed by atoms with Crippen LogP contribution in [-0.2, 0) is 14.6 Å². The minimum atomic E-state index is -3.87. The van der Waals surface area contributed by atoms with Crippen LogP contribution in [0.15, 0.2) is 29.2 Å². The van der Waals surface area contributed by atoms with Gasteiger partial charge in [0.2, 0.25) is 0 Å². The van der Waals surface area contributed by atoms with Gasteiger partial charge in [0.15, 0.2) is 15.1 Å². The van der Waals surface area contributed by atoms with Gasteiger partial charge in [0.05, 0.1) is 11.5 Å². The smallest absolute Gasteiger partial charge is 0.322 e. The Morgan fingerprint density at radius 1 is 0.893 bits per heavy atom. The van der Waals surface area contributed by atoms with Crippen molar-refractivity contribution >= 4 is 15.8 Å². The average molecular weight is 413 g/mol. The van der Waals surface area contributed by atoms with E-state index in [9.17, 15) is 13.2 Å². The van der Waals surface area contributed by atoms with Crippen molar-refractivity contribution in [3.05, 3.63) is 24.3 Å². The third-order valence-corrected chi connectivity index (χ3v) is 7.15. The number of ether oxygens (including phenoxy) is 1. The highest BCUT2D eigenvalue weighted by Gasteiger charge is 2.32. The number of carbonyl (C=O) groups is 1. The molecule has 6 heteroatoms. The summed E-state index contributed by atoms with van der Waals surface area (Å²) in [4.78, 5) is 11.2. The summed E-state index contributed by atoms with van der Waals surface area (Å²) in [6.45, 7) is 4.40. The fourth-order valence-electron chi connectivity index (χ4n) is 3.20. The maximum absolute atomic E-state index is 12.4. The van der Waals surface area contributed by atoms with E-state index in [4.69, 9.17) is 9.84 Å². The fourth-order valence-corrected chi connectivity index (χ4v) is 4.74. The Kier molecular flexibility index (Phi) is 11.9. The van der Waals surface area contributed by atoms with E-state index >= 15 is 0 Å². The van der Waals surface area contributed by atoms with E-state index < -0.39 is 21.1 Å². The summed E-state index contributed by atoms with van der Waals surface area (Å²) in [6.07, 6.45) is 12.7. The number of hydrogen-bond acceptors (Lipinski definition) is 4. The molecule has 0 bridgehead atoms. The van der Waals surface area contributed by atoms with Crippen LogP contribution >= 0.6 is 0 Å². The van der Waals surface area contributed by atoms with E-state index in [1.54, 1.807) is 19.1 Å². The zero-order valence-electron chi connectivity index (χ0n) is 17.4. The second-order valence-corrected chi connectivity index (χ2v) is 9.41. The molecule has 5 nitrogen and oxygen atoms in total. The molecule has 1 unspecified atom stereocenters. The minimum absolute atomic E-state index is 0.0213. The van der Waals surface area contributed by atoms with E-state index in [-0.39, 0.29) is 11.3 Å². The number of hydrogen-bond donors (Lipinski definition) is 1. The largest absolute Gasteiger partial charge is 0.494 e. The van der Waals surface area contributed by atoms with Crippen LogP contribution in [0.25, 0.3) is 0 Å². The lowest BCUT2D eigenvalue weighted by atomic mass is 10.1. The number of sulfone groups is 1. The molecule has 0 saturated carbocycles. The molecule has 1 atom stereocenters. The third-order valence-electron chi connectivity index (χ3n) is 4.94. The molecule has 0 aliphatic heterocycles. The first-order valence-electron chi connectivity index (χ1n) is 10.6. The first-order chi connectivity index (χ1) is 13.4. The Morgan fingerprint density at radius 2 is 1.39 bits per heavy atom. The van der Waals surface area contributed by atoms with Crippen LogP contribution in [-0.4, -0.2) is 31.4 Å². The maximum atomic E-state index is 12.4. The highest BCUT2D eigenvalue weighted by Crippen LogP contribution is 2.22. The molecule has 160 valence electrons. The lowest BCUT2D eigenvalue weighted by Gasteiger charge is -2.12. The molecule has 28 heavy (non-hydrogen) atoms. The van der Waals surface area contributed by atoms with E-state index in [2.05, 4.69) is 6.92 Å². The Morgan fingerprint density at radius 3 is 1.86 bits per heavy atom. The summed E-state index contributed by atoms with van der Waals surface area (Å²) in [5.74, 6) is -0.706. The lowest BCUT2D eigenvalue weighted by Crippen LogP contribution is -2.29. The molecule has 0 amide bonds. The number of carboxylic acids is 1. The van der Waals surface area contributed by atoms with E-state index in [0.29, 0.717) is 12.4 Å². The Balaban J connectivity index is 2.26. The Labute approximate surface area is 170 Å². The Hall–Kier alpha value is -1.56. The average Bonchev–Trinajstić information content (AvgIpc) is 2.66. The Bertz CT molecular complexity index is 652. The highest BCUT2D eigenvalue weighted by molar-refractivity contribution is 7.92. The summed E-state index contributed by atoms with van der Waals surface area (Å²) in [5, 5.41) is 7.68. The summed E-state index contributed by atoms with van der Waals surface area (Å²) >= 11 is 0. The molecule has 0 aliphatic carbocycles. The zero-order chi connectivity index (χ0) is 20.8. The van der Waals surface area contributed by atoms with Gasteiger partial charge in [-0.15, -0.1) is 0 Å². The number of benzene rings is 1. The predicted molar refractivity (Wildman–Crippen MR) is 113 cm³/mol. The van der Waals surface area contributed by atoms with Gasteiger partial charge in [-0.1, -0.05) is 71.6 Å². The van der Waals surface area contributed by atoms with Gasteiger partial charge in [-0.2, -0.15) is 0 Å². The van der Waals surface area contributed by atoms with Crippen LogP contribution in [0.1, 0.15) is 84.5 Å². The van der Waals surface area contributed by atoms with E-state index in [1.165, 1.54) is 63.5 Å². The number of rotatable bonds is 16.